The first-order valence-electron chi connectivity index (χ1n) is 9.51. The molecular weight excluding hydrogens is 334 g/mol. The van der Waals surface area contributed by atoms with Gasteiger partial charge in [0.05, 0.1) is 24.3 Å². The van der Waals surface area contributed by atoms with Crippen LogP contribution in [0.4, 0.5) is 0 Å². The lowest BCUT2D eigenvalue weighted by Crippen LogP contribution is -2.43. The van der Waals surface area contributed by atoms with Crippen molar-refractivity contribution in [3.05, 3.63) is 12.2 Å². The molecule has 1 saturated heterocycles. The van der Waals surface area contributed by atoms with Crippen LogP contribution in [-0.2, 0) is 23.9 Å². The fraction of sp³-hybridized carbons (Fsp3) is 0.750. The monoisotopic (exact) mass is 365 g/mol. The highest BCUT2D eigenvalue weighted by atomic mass is 16.6. The lowest BCUT2D eigenvalue weighted by molar-refractivity contribution is -0.159. The predicted molar refractivity (Wildman–Crippen MR) is 97.2 cm³/mol. The Balaban J connectivity index is 2.15. The third-order valence-corrected chi connectivity index (χ3v) is 4.74. The second-order valence-corrected chi connectivity index (χ2v) is 8.29. The van der Waals surface area contributed by atoms with E-state index in [9.17, 15) is 14.4 Å². The number of hydrogen-bond acceptors (Lipinski definition) is 5. The van der Waals surface area contributed by atoms with Gasteiger partial charge in [-0.25, -0.2) is 0 Å². The van der Waals surface area contributed by atoms with E-state index in [0.717, 1.165) is 12.8 Å². The largest absolute Gasteiger partial charge is 0.463 e. The SMILES string of the molecule is C[C@@H]1C/C=C/C[C@@H](CC(=O)OC(C)(C)C)C(=O)N2CCC[C@H]2COC1=O. The van der Waals surface area contributed by atoms with Crippen LogP contribution in [0, 0.1) is 11.8 Å². The first-order valence-corrected chi connectivity index (χ1v) is 9.51. The van der Waals surface area contributed by atoms with Crippen LogP contribution in [0.3, 0.4) is 0 Å². The quantitative estimate of drug-likeness (QED) is 0.556. The Kier molecular flexibility index (Phi) is 6.84. The maximum Gasteiger partial charge on any atom is 0.309 e. The van der Waals surface area contributed by atoms with Crippen molar-refractivity contribution in [1.29, 1.82) is 0 Å². The molecule has 3 atom stereocenters. The average molecular weight is 365 g/mol. The van der Waals surface area contributed by atoms with Crippen LogP contribution in [0.15, 0.2) is 12.2 Å². The number of carbonyl (C=O) groups excluding carboxylic acids is 3. The highest BCUT2D eigenvalue weighted by molar-refractivity contribution is 5.84. The normalized spacial score (nSPS) is 29.2. The Morgan fingerprint density at radius 2 is 1.96 bits per heavy atom. The number of esters is 2. The molecular formula is C20H31NO5. The van der Waals surface area contributed by atoms with Gasteiger partial charge in [-0.2, -0.15) is 0 Å². The first kappa shape index (κ1) is 20.5. The van der Waals surface area contributed by atoms with Gasteiger partial charge in [0.25, 0.3) is 0 Å². The molecule has 0 N–H and O–H groups in total. The van der Waals surface area contributed by atoms with E-state index < -0.39 is 11.5 Å². The van der Waals surface area contributed by atoms with Gasteiger partial charge in [0.15, 0.2) is 0 Å². The van der Waals surface area contributed by atoms with E-state index in [1.165, 1.54) is 0 Å². The minimum Gasteiger partial charge on any atom is -0.463 e. The Labute approximate surface area is 155 Å². The van der Waals surface area contributed by atoms with Gasteiger partial charge in [-0.3, -0.25) is 14.4 Å². The van der Waals surface area contributed by atoms with E-state index in [4.69, 9.17) is 9.47 Å². The van der Waals surface area contributed by atoms with E-state index in [2.05, 4.69) is 0 Å². The number of carbonyl (C=O) groups is 3. The molecule has 0 radical (unpaired) electrons. The Hall–Kier alpha value is -1.85. The molecule has 2 rings (SSSR count). The van der Waals surface area contributed by atoms with Crippen LogP contribution >= 0.6 is 0 Å². The van der Waals surface area contributed by atoms with Crippen LogP contribution in [0.25, 0.3) is 0 Å². The van der Waals surface area contributed by atoms with Crippen molar-refractivity contribution < 1.29 is 23.9 Å². The van der Waals surface area contributed by atoms with Crippen LogP contribution in [0.1, 0.15) is 59.8 Å². The van der Waals surface area contributed by atoms with Gasteiger partial charge in [0.2, 0.25) is 5.91 Å². The Morgan fingerprint density at radius 1 is 1.27 bits per heavy atom. The lowest BCUT2D eigenvalue weighted by Gasteiger charge is -2.29. The molecule has 1 fully saturated rings. The van der Waals surface area contributed by atoms with E-state index in [1.54, 1.807) is 4.90 Å². The standard InChI is InChI=1S/C20H31NO5/c1-14-8-5-6-9-15(12-17(22)26-20(2,3)4)18(23)21-11-7-10-16(21)13-25-19(14)24/h5-6,14-16H,7-13H2,1-4H3/b6-5+/t14-,15+,16+/m1/s1. The zero-order chi connectivity index (χ0) is 19.3. The number of allylic oxidation sites excluding steroid dienone is 2. The van der Waals surface area contributed by atoms with Crippen molar-refractivity contribution in [1.82, 2.24) is 4.90 Å². The lowest BCUT2D eigenvalue weighted by atomic mass is 9.97. The molecule has 0 bridgehead atoms. The third kappa shape index (κ3) is 5.85. The molecule has 0 aromatic carbocycles. The second kappa shape index (κ2) is 8.69. The van der Waals surface area contributed by atoms with Crippen LogP contribution < -0.4 is 0 Å². The van der Waals surface area contributed by atoms with Crippen molar-refractivity contribution in [2.45, 2.75) is 71.4 Å². The third-order valence-electron chi connectivity index (χ3n) is 4.74. The molecule has 2 aliphatic rings. The highest BCUT2D eigenvalue weighted by Crippen LogP contribution is 2.25. The summed E-state index contributed by atoms with van der Waals surface area (Å²) in [6.45, 7) is 8.18. The smallest absolute Gasteiger partial charge is 0.309 e. The summed E-state index contributed by atoms with van der Waals surface area (Å²) in [5.41, 5.74) is -0.568. The van der Waals surface area contributed by atoms with Gasteiger partial charge in [0, 0.05) is 6.54 Å². The molecule has 2 heterocycles. The molecule has 0 saturated carbocycles. The van der Waals surface area contributed by atoms with Crippen LogP contribution in [0.5, 0.6) is 0 Å². The Morgan fingerprint density at radius 3 is 2.65 bits per heavy atom. The summed E-state index contributed by atoms with van der Waals surface area (Å²) in [6.07, 6.45) is 6.61. The van der Waals surface area contributed by atoms with Gasteiger partial charge in [-0.1, -0.05) is 19.1 Å². The van der Waals surface area contributed by atoms with Crippen molar-refractivity contribution in [2.75, 3.05) is 13.2 Å². The van der Waals surface area contributed by atoms with Gasteiger partial charge in [0.1, 0.15) is 12.2 Å². The number of amides is 1. The number of hydrogen-bond donors (Lipinski definition) is 0. The van der Waals surface area contributed by atoms with Crippen molar-refractivity contribution in [2.24, 2.45) is 11.8 Å². The van der Waals surface area contributed by atoms with E-state index >= 15 is 0 Å². The molecule has 2 aliphatic heterocycles. The molecule has 0 unspecified atom stereocenters. The fourth-order valence-corrected chi connectivity index (χ4v) is 3.37. The minimum atomic E-state index is -0.568. The topological polar surface area (TPSA) is 72.9 Å². The first-order chi connectivity index (χ1) is 12.2. The fourth-order valence-electron chi connectivity index (χ4n) is 3.37. The van der Waals surface area contributed by atoms with Crippen molar-refractivity contribution in [3.63, 3.8) is 0 Å². The molecule has 0 aromatic rings. The van der Waals surface area contributed by atoms with Gasteiger partial charge >= 0.3 is 11.9 Å². The molecule has 146 valence electrons. The van der Waals surface area contributed by atoms with Crippen LogP contribution in [0.2, 0.25) is 0 Å². The average Bonchev–Trinajstić information content (AvgIpc) is 3.00. The second-order valence-electron chi connectivity index (χ2n) is 8.29. The summed E-state index contributed by atoms with van der Waals surface area (Å²) >= 11 is 0. The van der Waals surface area contributed by atoms with Crippen molar-refractivity contribution >= 4 is 17.8 Å². The molecule has 6 nitrogen and oxygen atoms in total. The summed E-state index contributed by atoms with van der Waals surface area (Å²) in [4.78, 5) is 39.1. The molecule has 6 heteroatoms. The van der Waals surface area contributed by atoms with Gasteiger partial charge in [-0.15, -0.1) is 0 Å². The zero-order valence-electron chi connectivity index (χ0n) is 16.3. The molecule has 0 aromatic heterocycles. The summed E-state index contributed by atoms with van der Waals surface area (Å²) in [5.74, 6) is -1.27. The molecule has 1 amide bonds. The molecule has 26 heavy (non-hydrogen) atoms. The minimum absolute atomic E-state index is 0.0484. The van der Waals surface area contributed by atoms with Gasteiger partial charge in [-0.05, 0) is 46.5 Å². The number of fused-ring (bicyclic) bond motifs is 1. The van der Waals surface area contributed by atoms with E-state index in [0.29, 0.717) is 19.4 Å². The van der Waals surface area contributed by atoms with E-state index in [1.807, 2.05) is 39.8 Å². The number of nitrogens with zero attached hydrogens (tertiary/aromatic N) is 1. The van der Waals surface area contributed by atoms with Gasteiger partial charge < -0.3 is 14.4 Å². The molecule has 0 spiro atoms. The maximum atomic E-state index is 13.0. The number of rotatable bonds is 2. The number of ether oxygens (including phenoxy) is 2. The Bertz CT molecular complexity index is 563. The summed E-state index contributed by atoms with van der Waals surface area (Å²) in [6, 6.07) is -0.0943. The summed E-state index contributed by atoms with van der Waals surface area (Å²) < 4.78 is 10.8. The summed E-state index contributed by atoms with van der Waals surface area (Å²) in [7, 11) is 0. The highest BCUT2D eigenvalue weighted by Gasteiger charge is 2.35. The van der Waals surface area contributed by atoms with Crippen LogP contribution in [-0.4, -0.2) is 47.5 Å². The summed E-state index contributed by atoms with van der Waals surface area (Å²) in [5, 5.41) is 0. The number of cyclic esters (lactones) is 1. The zero-order valence-corrected chi connectivity index (χ0v) is 16.3. The van der Waals surface area contributed by atoms with E-state index in [-0.39, 0.29) is 42.8 Å². The molecule has 0 aliphatic carbocycles. The maximum absolute atomic E-state index is 13.0. The van der Waals surface area contributed by atoms with Crippen molar-refractivity contribution in [3.8, 4) is 0 Å². The predicted octanol–water partition coefficient (Wildman–Crippen LogP) is 2.85.